The Morgan fingerprint density at radius 2 is 2.23 bits per heavy atom. The van der Waals surface area contributed by atoms with Gasteiger partial charge in [-0.1, -0.05) is 6.92 Å². The van der Waals surface area contributed by atoms with Gasteiger partial charge in [0.2, 0.25) is 5.91 Å². The van der Waals surface area contributed by atoms with Crippen LogP contribution in [0.15, 0.2) is 12.3 Å². The number of carbonyl (C=O) groups excluding carboxylic acids is 1. The average Bonchev–Trinajstić information content (AvgIpc) is 3.14. The lowest BCUT2D eigenvalue weighted by molar-refractivity contribution is -0.131. The van der Waals surface area contributed by atoms with Crippen LogP contribution in [0.1, 0.15) is 49.4 Å². The molecule has 116 valence electrons. The standard InChI is InChI=1S/C16H21N5O/c1-4-14(22)21-7-5-6-13(21)16-18-10(2)8-12(20-16)15-17-9-11(3)19-15/h8-9,13H,4-7H2,1-3H3,(H,17,19)/t13-/m0/s1. The second kappa shape index (κ2) is 5.87. The molecule has 2 aromatic heterocycles. The molecule has 0 unspecified atom stereocenters. The third-order valence-electron chi connectivity index (χ3n) is 3.99. The topological polar surface area (TPSA) is 74.8 Å². The molecule has 1 aliphatic heterocycles. The first-order valence-electron chi connectivity index (χ1n) is 7.75. The Morgan fingerprint density at radius 3 is 2.91 bits per heavy atom. The third kappa shape index (κ3) is 2.73. The van der Waals surface area contributed by atoms with Gasteiger partial charge in [0.1, 0.15) is 5.69 Å². The van der Waals surface area contributed by atoms with Crippen molar-refractivity contribution in [3.63, 3.8) is 0 Å². The van der Waals surface area contributed by atoms with E-state index in [0.717, 1.165) is 48.1 Å². The van der Waals surface area contributed by atoms with E-state index in [1.165, 1.54) is 0 Å². The minimum Gasteiger partial charge on any atom is -0.341 e. The van der Waals surface area contributed by atoms with Crippen molar-refractivity contribution in [2.45, 2.75) is 46.1 Å². The molecule has 0 bridgehead atoms. The summed E-state index contributed by atoms with van der Waals surface area (Å²) >= 11 is 0. The van der Waals surface area contributed by atoms with Crippen LogP contribution >= 0.6 is 0 Å². The molecule has 3 rings (SSSR count). The minimum absolute atomic E-state index is 0.0119. The molecule has 6 heteroatoms. The summed E-state index contributed by atoms with van der Waals surface area (Å²) in [6.07, 6.45) is 4.23. The van der Waals surface area contributed by atoms with Crippen LogP contribution in [0.5, 0.6) is 0 Å². The van der Waals surface area contributed by atoms with Crippen molar-refractivity contribution < 1.29 is 4.79 Å². The molecule has 1 N–H and O–H groups in total. The van der Waals surface area contributed by atoms with Crippen LogP contribution in [0.25, 0.3) is 11.5 Å². The van der Waals surface area contributed by atoms with Crippen LogP contribution in [0.4, 0.5) is 0 Å². The maximum atomic E-state index is 12.1. The van der Waals surface area contributed by atoms with Gasteiger partial charge in [-0.2, -0.15) is 0 Å². The van der Waals surface area contributed by atoms with Crippen LogP contribution in [0.2, 0.25) is 0 Å². The first-order valence-corrected chi connectivity index (χ1v) is 7.75. The molecule has 3 heterocycles. The normalized spacial score (nSPS) is 18.0. The van der Waals surface area contributed by atoms with Gasteiger partial charge < -0.3 is 9.88 Å². The van der Waals surface area contributed by atoms with Gasteiger partial charge in [-0.15, -0.1) is 0 Å². The van der Waals surface area contributed by atoms with Crippen molar-refractivity contribution >= 4 is 5.91 Å². The van der Waals surface area contributed by atoms with E-state index in [2.05, 4.69) is 19.9 Å². The molecule has 1 aliphatic rings. The van der Waals surface area contributed by atoms with Crippen molar-refractivity contribution in [2.75, 3.05) is 6.54 Å². The van der Waals surface area contributed by atoms with Gasteiger partial charge >= 0.3 is 0 Å². The number of hydrogen-bond donors (Lipinski definition) is 1. The number of hydrogen-bond acceptors (Lipinski definition) is 4. The zero-order valence-electron chi connectivity index (χ0n) is 13.3. The monoisotopic (exact) mass is 299 g/mol. The van der Waals surface area contributed by atoms with Crippen LogP contribution in [-0.2, 0) is 4.79 Å². The quantitative estimate of drug-likeness (QED) is 0.945. The Kier molecular flexibility index (Phi) is 3.92. The van der Waals surface area contributed by atoms with Gasteiger partial charge in [-0.25, -0.2) is 15.0 Å². The summed E-state index contributed by atoms with van der Waals surface area (Å²) in [6, 6.07) is 1.91. The fourth-order valence-electron chi connectivity index (χ4n) is 2.94. The summed E-state index contributed by atoms with van der Waals surface area (Å²) in [5.41, 5.74) is 2.67. The minimum atomic E-state index is -0.0119. The summed E-state index contributed by atoms with van der Waals surface area (Å²) in [5.74, 6) is 1.64. The number of likely N-dealkylation sites (tertiary alicyclic amines) is 1. The lowest BCUT2D eigenvalue weighted by Gasteiger charge is -2.23. The van der Waals surface area contributed by atoms with Crippen molar-refractivity contribution in [1.82, 2.24) is 24.8 Å². The lowest BCUT2D eigenvalue weighted by atomic mass is 10.2. The SMILES string of the molecule is CCC(=O)N1CCC[C@H]1c1nc(C)cc(-c2ncc(C)[nH]2)n1. The highest BCUT2D eigenvalue weighted by atomic mass is 16.2. The molecule has 0 aliphatic carbocycles. The van der Waals surface area contributed by atoms with E-state index in [1.54, 1.807) is 6.20 Å². The Hall–Kier alpha value is -2.24. The number of carbonyl (C=O) groups is 1. The summed E-state index contributed by atoms with van der Waals surface area (Å²) in [7, 11) is 0. The molecule has 2 aromatic rings. The first-order chi connectivity index (χ1) is 10.6. The Balaban J connectivity index is 1.97. The predicted molar refractivity (Wildman–Crippen MR) is 83.1 cm³/mol. The number of aromatic amines is 1. The highest BCUT2D eigenvalue weighted by Crippen LogP contribution is 2.31. The maximum Gasteiger partial charge on any atom is 0.222 e. The number of aryl methyl sites for hydroxylation is 2. The van der Waals surface area contributed by atoms with Gasteiger partial charge in [0.25, 0.3) is 0 Å². The Labute approximate surface area is 130 Å². The molecule has 6 nitrogen and oxygen atoms in total. The van der Waals surface area contributed by atoms with Crippen molar-refractivity contribution in [1.29, 1.82) is 0 Å². The number of rotatable bonds is 3. The second-order valence-corrected chi connectivity index (χ2v) is 5.77. The summed E-state index contributed by atoms with van der Waals surface area (Å²) in [4.78, 5) is 30.8. The summed E-state index contributed by atoms with van der Waals surface area (Å²) in [5, 5.41) is 0. The zero-order chi connectivity index (χ0) is 15.7. The molecular weight excluding hydrogens is 278 g/mol. The Morgan fingerprint density at radius 1 is 1.41 bits per heavy atom. The zero-order valence-corrected chi connectivity index (χ0v) is 13.3. The van der Waals surface area contributed by atoms with E-state index >= 15 is 0 Å². The number of imidazole rings is 1. The molecule has 1 saturated heterocycles. The van der Waals surface area contributed by atoms with Gasteiger partial charge in [0, 0.05) is 30.6 Å². The molecule has 1 atom stereocenters. The van der Waals surface area contributed by atoms with Crippen molar-refractivity contribution in [3.05, 3.63) is 29.5 Å². The molecule has 22 heavy (non-hydrogen) atoms. The largest absolute Gasteiger partial charge is 0.341 e. The average molecular weight is 299 g/mol. The van der Waals surface area contributed by atoms with Gasteiger partial charge in [0.15, 0.2) is 11.6 Å². The molecule has 0 radical (unpaired) electrons. The van der Waals surface area contributed by atoms with Gasteiger partial charge in [0.05, 0.1) is 6.04 Å². The van der Waals surface area contributed by atoms with Gasteiger partial charge in [-0.3, -0.25) is 4.79 Å². The van der Waals surface area contributed by atoms with Crippen molar-refractivity contribution in [3.8, 4) is 11.5 Å². The predicted octanol–water partition coefficient (Wildman–Crippen LogP) is 2.56. The fourth-order valence-corrected chi connectivity index (χ4v) is 2.94. The number of amides is 1. The highest BCUT2D eigenvalue weighted by Gasteiger charge is 2.31. The third-order valence-corrected chi connectivity index (χ3v) is 3.99. The molecule has 0 saturated carbocycles. The molecule has 1 amide bonds. The number of aromatic nitrogens is 4. The van der Waals surface area contributed by atoms with Gasteiger partial charge in [-0.05, 0) is 32.8 Å². The fraction of sp³-hybridized carbons (Fsp3) is 0.500. The molecule has 0 spiro atoms. The second-order valence-electron chi connectivity index (χ2n) is 5.77. The number of nitrogens with one attached hydrogen (secondary N) is 1. The smallest absolute Gasteiger partial charge is 0.222 e. The van der Waals surface area contributed by atoms with E-state index in [9.17, 15) is 4.79 Å². The van der Waals surface area contributed by atoms with E-state index in [4.69, 9.17) is 0 Å². The van der Waals surface area contributed by atoms with E-state index in [0.29, 0.717) is 6.42 Å². The molecule has 1 fully saturated rings. The van der Waals surface area contributed by atoms with E-state index in [-0.39, 0.29) is 11.9 Å². The maximum absolute atomic E-state index is 12.1. The van der Waals surface area contributed by atoms with Crippen LogP contribution in [0.3, 0.4) is 0 Å². The molecular formula is C16H21N5O. The van der Waals surface area contributed by atoms with E-state index in [1.807, 2.05) is 31.7 Å². The lowest BCUT2D eigenvalue weighted by Crippen LogP contribution is -2.30. The first kappa shape index (κ1) is 14.7. The van der Waals surface area contributed by atoms with Crippen LogP contribution in [0, 0.1) is 13.8 Å². The van der Waals surface area contributed by atoms with Crippen LogP contribution in [-0.4, -0.2) is 37.3 Å². The van der Waals surface area contributed by atoms with E-state index < -0.39 is 0 Å². The summed E-state index contributed by atoms with van der Waals surface area (Å²) in [6.45, 7) is 6.60. The highest BCUT2D eigenvalue weighted by molar-refractivity contribution is 5.76. The van der Waals surface area contributed by atoms with Crippen molar-refractivity contribution in [2.24, 2.45) is 0 Å². The molecule has 0 aromatic carbocycles. The number of nitrogens with zero attached hydrogens (tertiary/aromatic N) is 4. The van der Waals surface area contributed by atoms with Crippen LogP contribution < -0.4 is 0 Å². The Bertz CT molecular complexity index is 694. The summed E-state index contributed by atoms with van der Waals surface area (Å²) < 4.78 is 0. The number of H-pyrrole nitrogens is 1.